The van der Waals surface area contributed by atoms with Crippen LogP contribution in [0.15, 0.2) is 48.7 Å². The number of carbonyl (C=O) groups excluding carboxylic acids is 3. The van der Waals surface area contributed by atoms with Gasteiger partial charge < -0.3 is 20.7 Å². The van der Waals surface area contributed by atoms with Gasteiger partial charge in [-0.15, -0.1) is 0 Å². The van der Waals surface area contributed by atoms with Crippen molar-refractivity contribution in [2.24, 2.45) is 0 Å². The summed E-state index contributed by atoms with van der Waals surface area (Å²) in [6, 6.07) is 11.8. The molecule has 3 heterocycles. The largest absolute Gasteiger partial charge is 0.445 e. The van der Waals surface area contributed by atoms with Crippen LogP contribution in [0.5, 0.6) is 0 Å². The summed E-state index contributed by atoms with van der Waals surface area (Å²) >= 11 is 0. The monoisotopic (exact) mass is 452 g/mol. The van der Waals surface area contributed by atoms with Gasteiger partial charge in [-0.25, -0.2) is 14.2 Å². The predicted molar refractivity (Wildman–Crippen MR) is 121 cm³/mol. The number of amides is 3. The SMILES string of the molecule is CNC(C)C(=O)NC1C(=O)N2c3c(ccc[n+]3C1C)CC2CNC(=O)OCc1ccccc1. The van der Waals surface area contributed by atoms with Crippen LogP contribution in [0, 0.1) is 0 Å². The minimum atomic E-state index is -0.702. The molecule has 9 heteroatoms. The molecular formula is C24H30N5O4+. The van der Waals surface area contributed by atoms with E-state index in [0.29, 0.717) is 6.42 Å². The lowest BCUT2D eigenvalue weighted by Crippen LogP contribution is -2.67. The third kappa shape index (κ3) is 4.54. The van der Waals surface area contributed by atoms with E-state index in [9.17, 15) is 14.4 Å². The van der Waals surface area contributed by atoms with E-state index in [-0.39, 0.29) is 37.0 Å². The van der Waals surface area contributed by atoms with Crippen molar-refractivity contribution in [1.29, 1.82) is 0 Å². The third-order valence-corrected chi connectivity index (χ3v) is 6.37. The van der Waals surface area contributed by atoms with Gasteiger partial charge in [0.05, 0.1) is 18.8 Å². The van der Waals surface area contributed by atoms with E-state index in [1.807, 2.05) is 60.2 Å². The van der Waals surface area contributed by atoms with Crippen LogP contribution in [0.4, 0.5) is 10.6 Å². The molecule has 0 saturated carbocycles. The van der Waals surface area contributed by atoms with Crippen molar-refractivity contribution in [1.82, 2.24) is 16.0 Å². The fourth-order valence-electron chi connectivity index (χ4n) is 4.38. The number of likely N-dealkylation sites (N-methyl/N-ethyl adjacent to an activating group) is 1. The minimum absolute atomic E-state index is 0.173. The molecule has 4 rings (SSSR count). The van der Waals surface area contributed by atoms with Gasteiger partial charge in [-0.3, -0.25) is 4.79 Å². The Bertz CT molecular complexity index is 1040. The fourth-order valence-corrected chi connectivity index (χ4v) is 4.38. The number of hydrogen-bond donors (Lipinski definition) is 3. The highest BCUT2D eigenvalue weighted by Crippen LogP contribution is 2.34. The summed E-state index contributed by atoms with van der Waals surface area (Å²) in [5.74, 6) is 0.418. The number of aromatic nitrogens is 1. The second-order valence-corrected chi connectivity index (χ2v) is 8.51. The second-order valence-electron chi connectivity index (χ2n) is 8.51. The number of anilines is 1. The van der Waals surface area contributed by atoms with E-state index < -0.39 is 18.2 Å². The first-order valence-electron chi connectivity index (χ1n) is 11.2. The standard InChI is InChI=1S/C24H29N5O4/c1-15(25-3)21(30)27-20-16(2)28-11-7-10-18-12-19(29(22(18)28)23(20)31)13-26-24(32)33-14-17-8-5-4-6-9-17/h4-11,15-16,19-20,25H,12-14H2,1-3H3,(H-,26,27,30,32)/p+1. The Labute approximate surface area is 193 Å². The second kappa shape index (κ2) is 9.58. The average molecular weight is 453 g/mol. The molecular weight excluding hydrogens is 422 g/mol. The van der Waals surface area contributed by atoms with Crippen LogP contribution in [-0.2, 0) is 27.4 Å². The number of benzene rings is 1. The molecule has 174 valence electrons. The topological polar surface area (TPSA) is 104 Å². The summed E-state index contributed by atoms with van der Waals surface area (Å²) < 4.78 is 7.33. The Balaban J connectivity index is 1.46. The van der Waals surface area contributed by atoms with Gasteiger partial charge in [-0.1, -0.05) is 30.3 Å². The normalized spacial score (nSPS) is 21.8. The van der Waals surface area contributed by atoms with E-state index in [1.165, 1.54) is 0 Å². The van der Waals surface area contributed by atoms with E-state index in [1.54, 1.807) is 18.9 Å². The fraction of sp³-hybridized carbons (Fsp3) is 0.417. The number of nitrogens with one attached hydrogen (secondary N) is 3. The molecule has 0 spiro atoms. The van der Waals surface area contributed by atoms with Gasteiger partial charge in [0.25, 0.3) is 5.82 Å². The Morgan fingerprint density at radius 2 is 1.97 bits per heavy atom. The number of nitrogens with zero attached hydrogens (tertiary/aromatic N) is 2. The lowest BCUT2D eigenvalue weighted by atomic mass is 10.0. The quantitative estimate of drug-likeness (QED) is 0.540. The first kappa shape index (κ1) is 22.7. The van der Waals surface area contributed by atoms with Crippen LogP contribution in [-0.4, -0.2) is 49.6 Å². The third-order valence-electron chi connectivity index (χ3n) is 6.37. The first-order chi connectivity index (χ1) is 15.9. The van der Waals surface area contributed by atoms with Crippen LogP contribution in [0.3, 0.4) is 0 Å². The van der Waals surface area contributed by atoms with Crippen molar-refractivity contribution in [3.63, 3.8) is 0 Å². The molecule has 3 N–H and O–H groups in total. The zero-order chi connectivity index (χ0) is 23.5. The maximum Gasteiger partial charge on any atom is 0.407 e. The van der Waals surface area contributed by atoms with Crippen LogP contribution in [0.1, 0.15) is 31.0 Å². The van der Waals surface area contributed by atoms with Gasteiger partial charge in [0.2, 0.25) is 5.91 Å². The zero-order valence-corrected chi connectivity index (χ0v) is 19.1. The van der Waals surface area contributed by atoms with Crippen molar-refractivity contribution >= 4 is 23.7 Å². The van der Waals surface area contributed by atoms with Crippen LogP contribution in [0.2, 0.25) is 0 Å². The molecule has 3 amide bonds. The average Bonchev–Trinajstić information content (AvgIpc) is 3.21. The molecule has 2 aliphatic rings. The van der Waals surface area contributed by atoms with Crippen LogP contribution < -0.4 is 25.4 Å². The summed E-state index contributed by atoms with van der Waals surface area (Å²) in [6.45, 7) is 4.10. The van der Waals surface area contributed by atoms with Gasteiger partial charge in [0, 0.05) is 12.0 Å². The summed E-state index contributed by atoms with van der Waals surface area (Å²) in [7, 11) is 1.70. The number of rotatable bonds is 7. The molecule has 0 radical (unpaired) electrons. The van der Waals surface area contributed by atoms with E-state index in [0.717, 1.165) is 16.9 Å². The van der Waals surface area contributed by atoms with Gasteiger partial charge >= 0.3 is 12.0 Å². The highest BCUT2D eigenvalue weighted by Gasteiger charge is 2.53. The molecule has 0 bridgehead atoms. The van der Waals surface area contributed by atoms with Crippen molar-refractivity contribution < 1.29 is 23.7 Å². The van der Waals surface area contributed by atoms with Crippen LogP contribution >= 0.6 is 0 Å². The smallest absolute Gasteiger partial charge is 0.407 e. The minimum Gasteiger partial charge on any atom is -0.445 e. The summed E-state index contributed by atoms with van der Waals surface area (Å²) in [4.78, 5) is 40.0. The van der Waals surface area contributed by atoms with E-state index in [2.05, 4.69) is 16.0 Å². The van der Waals surface area contributed by atoms with Gasteiger partial charge in [0.1, 0.15) is 18.7 Å². The number of carbonyl (C=O) groups is 3. The number of hydrogen-bond acceptors (Lipinski definition) is 5. The predicted octanol–water partition coefficient (Wildman–Crippen LogP) is 0.826. The Morgan fingerprint density at radius 3 is 2.70 bits per heavy atom. The number of ether oxygens (including phenoxy) is 1. The summed E-state index contributed by atoms with van der Waals surface area (Å²) in [5, 5.41) is 8.59. The van der Waals surface area contributed by atoms with Gasteiger partial charge in [-0.2, -0.15) is 4.90 Å². The maximum absolute atomic E-state index is 13.5. The van der Waals surface area contributed by atoms with Crippen molar-refractivity contribution in [3.8, 4) is 0 Å². The molecule has 33 heavy (non-hydrogen) atoms. The lowest BCUT2D eigenvalue weighted by molar-refractivity contribution is -0.711. The summed E-state index contributed by atoms with van der Waals surface area (Å²) in [5.41, 5.74) is 1.94. The molecule has 2 aliphatic heterocycles. The molecule has 1 aromatic heterocycles. The van der Waals surface area contributed by atoms with Crippen molar-refractivity contribution in [2.75, 3.05) is 18.5 Å². The van der Waals surface area contributed by atoms with Gasteiger partial charge in [0.15, 0.2) is 6.04 Å². The Hall–Kier alpha value is -3.46. The molecule has 0 saturated heterocycles. The first-order valence-corrected chi connectivity index (χ1v) is 11.2. The van der Waals surface area contributed by atoms with E-state index in [4.69, 9.17) is 4.74 Å². The van der Waals surface area contributed by atoms with Crippen LogP contribution in [0.25, 0.3) is 0 Å². The highest BCUT2D eigenvalue weighted by molar-refractivity contribution is 6.01. The Morgan fingerprint density at radius 1 is 1.21 bits per heavy atom. The Kier molecular flexibility index (Phi) is 6.60. The van der Waals surface area contributed by atoms with Crippen molar-refractivity contribution in [2.45, 2.75) is 51.0 Å². The molecule has 0 fully saturated rings. The molecule has 0 aliphatic carbocycles. The van der Waals surface area contributed by atoms with Crippen molar-refractivity contribution in [3.05, 3.63) is 59.8 Å². The summed E-state index contributed by atoms with van der Waals surface area (Å²) in [6.07, 6.45) is 2.00. The highest BCUT2D eigenvalue weighted by atomic mass is 16.5. The lowest BCUT2D eigenvalue weighted by Gasteiger charge is -2.33. The zero-order valence-electron chi connectivity index (χ0n) is 19.1. The molecule has 4 atom stereocenters. The van der Waals surface area contributed by atoms with E-state index >= 15 is 0 Å². The molecule has 2 aromatic rings. The maximum atomic E-state index is 13.5. The number of alkyl carbamates (subject to hydrolysis) is 1. The molecule has 9 nitrogen and oxygen atoms in total. The molecule has 4 unspecified atom stereocenters. The molecule has 1 aromatic carbocycles. The number of pyridine rings is 1. The van der Waals surface area contributed by atoms with Gasteiger partial charge in [-0.05, 0) is 38.6 Å².